The Morgan fingerprint density at radius 1 is 1.59 bits per heavy atom. The number of ether oxygens (including phenoxy) is 1. The predicted octanol–water partition coefficient (Wildman–Crippen LogP) is 1.25. The molecule has 2 rings (SSSR count). The number of aryl methyl sites for hydroxylation is 1. The molecule has 1 N–H and O–H groups in total. The minimum atomic E-state index is 0.436. The Labute approximate surface area is 103 Å². The summed E-state index contributed by atoms with van der Waals surface area (Å²) in [5.41, 5.74) is 0. The summed E-state index contributed by atoms with van der Waals surface area (Å²) >= 11 is 0. The standard InChI is InChI=1S/C12H22N4O/c1-3-4-11-7-10(5-6-17-11)13-8-12-15-14-9-16(12)2/h9-11,13H,3-8H2,1-2H3. The maximum atomic E-state index is 5.74. The zero-order chi connectivity index (χ0) is 12.1. The lowest BCUT2D eigenvalue weighted by molar-refractivity contribution is -0.00356. The Morgan fingerprint density at radius 2 is 2.47 bits per heavy atom. The molecule has 2 heterocycles. The van der Waals surface area contributed by atoms with Gasteiger partial charge in [-0.25, -0.2) is 0 Å². The predicted molar refractivity (Wildman–Crippen MR) is 65.5 cm³/mol. The summed E-state index contributed by atoms with van der Waals surface area (Å²) in [7, 11) is 1.97. The largest absolute Gasteiger partial charge is 0.378 e. The molecule has 0 aliphatic carbocycles. The highest BCUT2D eigenvalue weighted by molar-refractivity contribution is 4.86. The highest BCUT2D eigenvalue weighted by Crippen LogP contribution is 2.17. The van der Waals surface area contributed by atoms with Crippen LogP contribution in [0.15, 0.2) is 6.33 Å². The second kappa shape index (κ2) is 6.12. The molecule has 1 aromatic heterocycles. The van der Waals surface area contributed by atoms with E-state index in [4.69, 9.17) is 4.74 Å². The van der Waals surface area contributed by atoms with E-state index in [2.05, 4.69) is 22.4 Å². The van der Waals surface area contributed by atoms with Crippen molar-refractivity contribution in [1.82, 2.24) is 20.1 Å². The van der Waals surface area contributed by atoms with Gasteiger partial charge in [-0.2, -0.15) is 0 Å². The number of nitrogens with zero attached hydrogens (tertiary/aromatic N) is 3. The third-order valence-electron chi connectivity index (χ3n) is 3.33. The normalized spacial score (nSPS) is 25.1. The highest BCUT2D eigenvalue weighted by atomic mass is 16.5. The van der Waals surface area contributed by atoms with Gasteiger partial charge in [0.2, 0.25) is 0 Å². The maximum Gasteiger partial charge on any atom is 0.146 e. The van der Waals surface area contributed by atoms with E-state index in [-0.39, 0.29) is 0 Å². The Bertz CT molecular complexity index is 337. The summed E-state index contributed by atoms with van der Waals surface area (Å²) in [5.74, 6) is 0.989. The first-order valence-electron chi connectivity index (χ1n) is 6.47. The third kappa shape index (κ3) is 3.51. The molecular formula is C12H22N4O. The smallest absolute Gasteiger partial charge is 0.146 e. The lowest BCUT2D eigenvalue weighted by Gasteiger charge is -2.30. The summed E-state index contributed by atoms with van der Waals surface area (Å²) in [6.45, 7) is 3.88. The van der Waals surface area contributed by atoms with E-state index >= 15 is 0 Å². The van der Waals surface area contributed by atoms with Gasteiger partial charge in [0.05, 0.1) is 12.6 Å². The molecule has 17 heavy (non-hydrogen) atoms. The zero-order valence-electron chi connectivity index (χ0n) is 10.7. The molecule has 1 aromatic rings. The lowest BCUT2D eigenvalue weighted by atomic mass is 10.0. The van der Waals surface area contributed by atoms with Gasteiger partial charge >= 0.3 is 0 Å². The first kappa shape index (κ1) is 12.5. The molecule has 2 unspecified atom stereocenters. The van der Waals surface area contributed by atoms with Gasteiger partial charge in [0.15, 0.2) is 0 Å². The van der Waals surface area contributed by atoms with Crippen molar-refractivity contribution in [3.63, 3.8) is 0 Å². The Kier molecular flexibility index (Phi) is 4.50. The number of hydrogen-bond acceptors (Lipinski definition) is 4. The molecule has 0 amide bonds. The fraction of sp³-hybridized carbons (Fsp3) is 0.833. The number of hydrogen-bond donors (Lipinski definition) is 1. The van der Waals surface area contributed by atoms with Crippen molar-refractivity contribution in [2.75, 3.05) is 6.61 Å². The van der Waals surface area contributed by atoms with Crippen molar-refractivity contribution in [3.8, 4) is 0 Å². The van der Waals surface area contributed by atoms with Gasteiger partial charge < -0.3 is 14.6 Å². The molecule has 1 aliphatic rings. The van der Waals surface area contributed by atoms with Gasteiger partial charge in [-0.15, -0.1) is 10.2 Å². The van der Waals surface area contributed by atoms with Crippen LogP contribution in [0.1, 0.15) is 38.4 Å². The van der Waals surface area contributed by atoms with Gasteiger partial charge in [-0.3, -0.25) is 0 Å². The molecule has 0 aromatic carbocycles. The quantitative estimate of drug-likeness (QED) is 0.839. The molecule has 96 valence electrons. The van der Waals surface area contributed by atoms with Crippen LogP contribution in [0, 0.1) is 0 Å². The van der Waals surface area contributed by atoms with E-state index in [9.17, 15) is 0 Å². The zero-order valence-corrected chi connectivity index (χ0v) is 10.7. The fourth-order valence-electron chi connectivity index (χ4n) is 2.29. The number of rotatable bonds is 5. The second-order valence-corrected chi connectivity index (χ2v) is 4.74. The summed E-state index contributed by atoms with van der Waals surface area (Å²) in [6.07, 6.45) is 6.75. The molecule has 0 spiro atoms. The van der Waals surface area contributed by atoms with Crippen LogP contribution < -0.4 is 5.32 Å². The molecule has 1 fully saturated rings. The Hall–Kier alpha value is -0.940. The summed E-state index contributed by atoms with van der Waals surface area (Å²) < 4.78 is 7.69. The monoisotopic (exact) mass is 238 g/mol. The van der Waals surface area contributed by atoms with E-state index in [1.54, 1.807) is 6.33 Å². The van der Waals surface area contributed by atoms with Crippen LogP contribution in [0.3, 0.4) is 0 Å². The Morgan fingerprint density at radius 3 is 3.18 bits per heavy atom. The van der Waals surface area contributed by atoms with Crippen molar-refractivity contribution in [1.29, 1.82) is 0 Å². The van der Waals surface area contributed by atoms with Gasteiger partial charge in [0, 0.05) is 19.7 Å². The molecular weight excluding hydrogens is 216 g/mol. The van der Waals surface area contributed by atoms with Gasteiger partial charge in [0.25, 0.3) is 0 Å². The molecule has 5 nitrogen and oxygen atoms in total. The van der Waals surface area contributed by atoms with Crippen LogP contribution in [-0.2, 0) is 18.3 Å². The topological polar surface area (TPSA) is 52.0 Å². The molecule has 0 saturated carbocycles. The minimum absolute atomic E-state index is 0.436. The first-order chi connectivity index (χ1) is 8.29. The SMILES string of the molecule is CCCC1CC(NCc2nncn2C)CCO1. The van der Waals surface area contributed by atoms with Crippen molar-refractivity contribution in [3.05, 3.63) is 12.2 Å². The van der Waals surface area contributed by atoms with E-state index < -0.39 is 0 Å². The average Bonchev–Trinajstić information content (AvgIpc) is 2.73. The summed E-state index contributed by atoms with van der Waals surface area (Å²) in [4.78, 5) is 0. The minimum Gasteiger partial charge on any atom is -0.378 e. The number of aromatic nitrogens is 3. The van der Waals surface area contributed by atoms with Crippen LogP contribution in [0.5, 0.6) is 0 Å². The Balaban J connectivity index is 1.77. The van der Waals surface area contributed by atoms with Crippen LogP contribution >= 0.6 is 0 Å². The van der Waals surface area contributed by atoms with Crippen LogP contribution in [0.25, 0.3) is 0 Å². The molecule has 0 radical (unpaired) electrons. The van der Waals surface area contributed by atoms with E-state index in [1.165, 1.54) is 12.8 Å². The molecule has 2 atom stereocenters. The number of nitrogens with one attached hydrogen (secondary N) is 1. The van der Waals surface area contributed by atoms with E-state index in [0.717, 1.165) is 31.8 Å². The van der Waals surface area contributed by atoms with Crippen molar-refractivity contribution in [2.45, 2.75) is 51.3 Å². The van der Waals surface area contributed by atoms with E-state index in [0.29, 0.717) is 12.1 Å². The van der Waals surface area contributed by atoms with Crippen LogP contribution in [-0.4, -0.2) is 33.5 Å². The average molecular weight is 238 g/mol. The van der Waals surface area contributed by atoms with Gasteiger partial charge in [0.1, 0.15) is 12.2 Å². The summed E-state index contributed by atoms with van der Waals surface area (Å²) in [6, 6.07) is 0.553. The van der Waals surface area contributed by atoms with E-state index in [1.807, 2.05) is 11.6 Å². The molecule has 5 heteroatoms. The second-order valence-electron chi connectivity index (χ2n) is 4.74. The lowest BCUT2D eigenvalue weighted by Crippen LogP contribution is -2.39. The summed E-state index contributed by atoms with van der Waals surface area (Å²) in [5, 5.41) is 11.5. The van der Waals surface area contributed by atoms with Crippen LogP contribution in [0.4, 0.5) is 0 Å². The highest BCUT2D eigenvalue weighted by Gasteiger charge is 2.21. The van der Waals surface area contributed by atoms with Crippen molar-refractivity contribution in [2.24, 2.45) is 7.05 Å². The first-order valence-corrected chi connectivity index (χ1v) is 6.47. The van der Waals surface area contributed by atoms with Crippen molar-refractivity contribution < 1.29 is 4.74 Å². The molecule has 1 aliphatic heterocycles. The van der Waals surface area contributed by atoms with Gasteiger partial charge in [-0.1, -0.05) is 13.3 Å². The fourth-order valence-corrected chi connectivity index (χ4v) is 2.29. The maximum absolute atomic E-state index is 5.74. The van der Waals surface area contributed by atoms with Crippen LogP contribution in [0.2, 0.25) is 0 Å². The van der Waals surface area contributed by atoms with Gasteiger partial charge in [-0.05, 0) is 19.3 Å². The van der Waals surface area contributed by atoms with Crippen molar-refractivity contribution >= 4 is 0 Å². The molecule has 1 saturated heterocycles. The molecule has 0 bridgehead atoms. The third-order valence-corrected chi connectivity index (χ3v) is 3.33.